The molecule has 1 atom stereocenters. The molecule has 0 spiro atoms. The zero-order chi connectivity index (χ0) is 13.8. The van der Waals surface area contributed by atoms with E-state index in [9.17, 15) is 4.79 Å². The third-order valence-electron chi connectivity index (χ3n) is 3.56. The van der Waals surface area contributed by atoms with E-state index < -0.39 is 0 Å². The first-order valence-electron chi connectivity index (χ1n) is 6.67. The van der Waals surface area contributed by atoms with Gasteiger partial charge in [0.25, 0.3) is 5.91 Å². The molecule has 5 nitrogen and oxygen atoms in total. The van der Waals surface area contributed by atoms with E-state index in [4.69, 9.17) is 9.68 Å². The molecule has 0 saturated carbocycles. The van der Waals surface area contributed by atoms with Crippen LogP contribution in [0.5, 0.6) is 0 Å². The number of furan rings is 1. The molecule has 1 fully saturated rings. The van der Waals surface area contributed by atoms with Crippen LogP contribution >= 0.6 is 0 Å². The van der Waals surface area contributed by atoms with Gasteiger partial charge in [-0.2, -0.15) is 5.26 Å². The van der Waals surface area contributed by atoms with Crippen LogP contribution in [0, 0.1) is 11.3 Å². The highest BCUT2D eigenvalue weighted by molar-refractivity contribution is 5.91. The number of nitrogens with zero attached hydrogens (tertiary/aromatic N) is 3. The molecule has 2 rings (SSSR count). The summed E-state index contributed by atoms with van der Waals surface area (Å²) in [6.07, 6.45) is 0.792. The second-order valence-electron chi connectivity index (χ2n) is 4.75. The molecular weight excluding hydrogens is 242 g/mol. The van der Waals surface area contributed by atoms with Gasteiger partial charge in [0.05, 0.1) is 12.1 Å². The van der Waals surface area contributed by atoms with Crippen molar-refractivity contribution in [1.82, 2.24) is 9.80 Å². The third kappa shape index (κ3) is 2.96. The molecular formula is C14H19N3O2. The quantitative estimate of drug-likeness (QED) is 0.827. The molecule has 1 aromatic rings. The third-order valence-corrected chi connectivity index (χ3v) is 3.56. The minimum absolute atomic E-state index is 0.0519. The van der Waals surface area contributed by atoms with Crippen molar-refractivity contribution in [3.05, 3.63) is 23.7 Å². The first-order chi connectivity index (χ1) is 9.15. The number of hydrogen-bond acceptors (Lipinski definition) is 4. The number of amides is 1. The summed E-state index contributed by atoms with van der Waals surface area (Å²) < 4.78 is 5.49. The summed E-state index contributed by atoms with van der Waals surface area (Å²) in [7, 11) is 0. The van der Waals surface area contributed by atoms with Gasteiger partial charge >= 0.3 is 0 Å². The van der Waals surface area contributed by atoms with Gasteiger partial charge in [0.15, 0.2) is 5.76 Å². The monoisotopic (exact) mass is 261 g/mol. The molecule has 1 saturated heterocycles. The van der Waals surface area contributed by atoms with Crippen LogP contribution in [0.2, 0.25) is 0 Å². The predicted molar refractivity (Wildman–Crippen MR) is 70.6 cm³/mol. The van der Waals surface area contributed by atoms with Crippen LogP contribution in [0.4, 0.5) is 0 Å². The zero-order valence-electron chi connectivity index (χ0n) is 11.4. The lowest BCUT2D eigenvalue weighted by Crippen LogP contribution is -2.51. The Morgan fingerprint density at radius 2 is 2.11 bits per heavy atom. The molecule has 0 aliphatic carbocycles. The fourth-order valence-electron chi connectivity index (χ4n) is 2.23. The van der Waals surface area contributed by atoms with E-state index in [0.717, 1.165) is 25.3 Å². The standard InChI is InChI=1S/C14H19N3O2/c1-3-12-4-5-13(19-12)14(18)17-8-6-16(7-9-17)11(2)10-15/h4-5,11H,3,6-9H2,1-2H3. The Bertz CT molecular complexity index is 481. The maximum absolute atomic E-state index is 12.2. The van der Waals surface area contributed by atoms with Crippen molar-refractivity contribution in [2.45, 2.75) is 26.3 Å². The van der Waals surface area contributed by atoms with E-state index in [-0.39, 0.29) is 11.9 Å². The average Bonchev–Trinajstić information content (AvgIpc) is 2.94. The number of rotatable bonds is 3. The van der Waals surface area contributed by atoms with Crippen molar-refractivity contribution >= 4 is 5.91 Å². The molecule has 0 N–H and O–H groups in total. The molecule has 0 bridgehead atoms. The lowest BCUT2D eigenvalue weighted by atomic mass is 10.2. The van der Waals surface area contributed by atoms with Gasteiger partial charge < -0.3 is 9.32 Å². The highest BCUT2D eigenvalue weighted by atomic mass is 16.4. The minimum atomic E-state index is -0.0902. The van der Waals surface area contributed by atoms with Crippen molar-refractivity contribution in [1.29, 1.82) is 5.26 Å². The van der Waals surface area contributed by atoms with Gasteiger partial charge in [0.2, 0.25) is 0 Å². The number of hydrogen-bond donors (Lipinski definition) is 0. The number of nitriles is 1. The molecule has 19 heavy (non-hydrogen) atoms. The fourth-order valence-corrected chi connectivity index (χ4v) is 2.23. The van der Waals surface area contributed by atoms with Crippen LogP contribution in [0.25, 0.3) is 0 Å². The van der Waals surface area contributed by atoms with Gasteiger partial charge in [0.1, 0.15) is 5.76 Å². The van der Waals surface area contributed by atoms with Crippen LogP contribution < -0.4 is 0 Å². The van der Waals surface area contributed by atoms with Crippen molar-refractivity contribution in [2.75, 3.05) is 26.2 Å². The topological polar surface area (TPSA) is 60.5 Å². The molecule has 5 heteroatoms. The van der Waals surface area contributed by atoms with Crippen LogP contribution in [0.1, 0.15) is 30.2 Å². The van der Waals surface area contributed by atoms with Crippen LogP contribution in [-0.4, -0.2) is 47.9 Å². The molecule has 1 aliphatic heterocycles. The van der Waals surface area contributed by atoms with Gasteiger partial charge in [-0.05, 0) is 19.1 Å². The summed E-state index contributed by atoms with van der Waals surface area (Å²) in [5.74, 6) is 1.20. The van der Waals surface area contributed by atoms with E-state index >= 15 is 0 Å². The smallest absolute Gasteiger partial charge is 0.289 e. The van der Waals surface area contributed by atoms with E-state index in [0.29, 0.717) is 18.8 Å². The lowest BCUT2D eigenvalue weighted by molar-refractivity contribution is 0.0584. The first kappa shape index (κ1) is 13.6. The Labute approximate surface area is 113 Å². The summed E-state index contributed by atoms with van der Waals surface area (Å²) in [5, 5.41) is 8.88. The lowest BCUT2D eigenvalue weighted by Gasteiger charge is -2.35. The summed E-state index contributed by atoms with van der Waals surface area (Å²) in [6.45, 7) is 6.65. The number of carbonyl (C=O) groups is 1. The maximum atomic E-state index is 12.2. The van der Waals surface area contributed by atoms with E-state index in [1.807, 2.05) is 19.9 Å². The molecule has 102 valence electrons. The van der Waals surface area contributed by atoms with Crippen LogP contribution in [0.3, 0.4) is 0 Å². The van der Waals surface area contributed by atoms with Crippen LogP contribution in [0.15, 0.2) is 16.5 Å². The van der Waals surface area contributed by atoms with Gasteiger partial charge in [-0.25, -0.2) is 0 Å². The minimum Gasteiger partial charge on any atom is -0.456 e. The highest BCUT2D eigenvalue weighted by Crippen LogP contribution is 2.13. The molecule has 1 aromatic heterocycles. The summed E-state index contributed by atoms with van der Waals surface area (Å²) in [6, 6.07) is 5.73. The van der Waals surface area contributed by atoms with Gasteiger partial charge in [-0.1, -0.05) is 6.92 Å². The second kappa shape index (κ2) is 5.89. The first-order valence-corrected chi connectivity index (χ1v) is 6.67. The Balaban J connectivity index is 1.94. The average molecular weight is 261 g/mol. The Kier molecular flexibility index (Phi) is 4.23. The number of carbonyl (C=O) groups excluding carboxylic acids is 1. The predicted octanol–water partition coefficient (Wildman–Crippen LogP) is 1.51. The summed E-state index contributed by atoms with van der Waals surface area (Å²) >= 11 is 0. The van der Waals surface area contributed by atoms with Crippen molar-refractivity contribution < 1.29 is 9.21 Å². The maximum Gasteiger partial charge on any atom is 0.289 e. The Morgan fingerprint density at radius 1 is 1.42 bits per heavy atom. The molecule has 2 heterocycles. The molecule has 1 amide bonds. The van der Waals surface area contributed by atoms with Gasteiger partial charge in [-0.15, -0.1) is 0 Å². The molecule has 0 aromatic carbocycles. The van der Waals surface area contributed by atoms with Crippen LogP contribution in [-0.2, 0) is 6.42 Å². The zero-order valence-corrected chi connectivity index (χ0v) is 11.4. The van der Waals surface area contributed by atoms with Crippen molar-refractivity contribution in [2.24, 2.45) is 0 Å². The van der Waals surface area contributed by atoms with Gasteiger partial charge in [0, 0.05) is 32.6 Å². The second-order valence-corrected chi connectivity index (χ2v) is 4.75. The fraction of sp³-hybridized carbons (Fsp3) is 0.571. The highest BCUT2D eigenvalue weighted by Gasteiger charge is 2.26. The van der Waals surface area contributed by atoms with E-state index in [2.05, 4.69) is 11.0 Å². The van der Waals surface area contributed by atoms with Crippen molar-refractivity contribution in [3.8, 4) is 6.07 Å². The molecule has 0 radical (unpaired) electrons. The summed E-state index contributed by atoms with van der Waals surface area (Å²) in [5.41, 5.74) is 0. The van der Waals surface area contributed by atoms with E-state index in [1.165, 1.54) is 0 Å². The normalized spacial score (nSPS) is 18.1. The Hall–Kier alpha value is -1.80. The van der Waals surface area contributed by atoms with Gasteiger partial charge in [-0.3, -0.25) is 9.69 Å². The molecule has 1 aliphatic rings. The van der Waals surface area contributed by atoms with Crippen molar-refractivity contribution in [3.63, 3.8) is 0 Å². The van der Waals surface area contributed by atoms with E-state index in [1.54, 1.807) is 11.0 Å². The molecule has 1 unspecified atom stereocenters. The number of aryl methyl sites for hydroxylation is 1. The SMILES string of the molecule is CCc1ccc(C(=O)N2CCN(C(C)C#N)CC2)o1. The Morgan fingerprint density at radius 3 is 2.63 bits per heavy atom. The largest absolute Gasteiger partial charge is 0.456 e. The summed E-state index contributed by atoms with van der Waals surface area (Å²) in [4.78, 5) is 16.1. The number of piperazine rings is 1.